The molecule has 1 fully saturated rings. The Morgan fingerprint density at radius 3 is 2.71 bits per heavy atom. The van der Waals surface area contributed by atoms with Crippen molar-refractivity contribution >= 4 is 6.29 Å². The molecule has 1 aliphatic rings. The fourth-order valence-corrected chi connectivity index (χ4v) is 2.34. The monoisotopic (exact) mass is 234 g/mol. The maximum atomic E-state index is 11.3. The van der Waals surface area contributed by atoms with Crippen LogP contribution in [0.1, 0.15) is 24.3 Å². The molecule has 0 bridgehead atoms. The van der Waals surface area contributed by atoms with Crippen LogP contribution in [0.3, 0.4) is 0 Å². The first kappa shape index (κ1) is 12.1. The van der Waals surface area contributed by atoms with Gasteiger partial charge in [0.2, 0.25) is 0 Å². The van der Waals surface area contributed by atoms with Gasteiger partial charge in [0.1, 0.15) is 12.0 Å². The zero-order valence-corrected chi connectivity index (χ0v) is 10.1. The van der Waals surface area contributed by atoms with Crippen LogP contribution < -0.4 is 4.74 Å². The van der Waals surface area contributed by atoms with Crippen molar-refractivity contribution in [1.29, 1.82) is 0 Å². The Morgan fingerprint density at radius 1 is 1.41 bits per heavy atom. The van der Waals surface area contributed by atoms with Gasteiger partial charge in [0.25, 0.3) is 0 Å². The van der Waals surface area contributed by atoms with E-state index in [1.165, 1.54) is 0 Å². The molecule has 3 nitrogen and oxygen atoms in total. The number of benzene rings is 1. The highest BCUT2D eigenvalue weighted by Crippen LogP contribution is 2.30. The van der Waals surface area contributed by atoms with Gasteiger partial charge >= 0.3 is 0 Å². The quantitative estimate of drug-likeness (QED) is 0.750. The fourth-order valence-electron chi connectivity index (χ4n) is 2.34. The average Bonchev–Trinajstić information content (AvgIpc) is 2.42. The highest BCUT2D eigenvalue weighted by atomic mass is 16.5. The van der Waals surface area contributed by atoms with Crippen LogP contribution in [0, 0.1) is 5.92 Å². The number of hydrogen-bond acceptors (Lipinski definition) is 3. The molecular formula is C14H18O3. The first-order valence-corrected chi connectivity index (χ1v) is 6.02. The van der Waals surface area contributed by atoms with E-state index < -0.39 is 0 Å². The van der Waals surface area contributed by atoms with Crippen molar-refractivity contribution in [2.24, 2.45) is 5.92 Å². The van der Waals surface area contributed by atoms with Crippen molar-refractivity contribution in [3.63, 3.8) is 0 Å². The number of carbonyl (C=O) groups is 1. The molecule has 0 aromatic heterocycles. The Kier molecular flexibility index (Phi) is 4.15. The predicted octanol–water partition coefficient (Wildman–Crippen LogP) is 2.40. The molecule has 92 valence electrons. The van der Waals surface area contributed by atoms with Gasteiger partial charge in [-0.1, -0.05) is 12.1 Å². The molecule has 3 heteroatoms. The molecule has 0 spiro atoms. The standard InChI is InChI=1S/C14H18O3/c1-16-13-6-4-11(5-7-13)14(9-15)12-3-2-8-17-10-12/h4-7,9,12,14H,2-3,8,10H2,1H3. The van der Waals surface area contributed by atoms with Gasteiger partial charge < -0.3 is 14.3 Å². The molecule has 0 radical (unpaired) electrons. The summed E-state index contributed by atoms with van der Waals surface area (Å²) in [5, 5.41) is 0. The van der Waals surface area contributed by atoms with Crippen molar-refractivity contribution in [2.45, 2.75) is 18.8 Å². The van der Waals surface area contributed by atoms with Crippen LogP contribution in [0.4, 0.5) is 0 Å². The highest BCUT2D eigenvalue weighted by Gasteiger charge is 2.25. The molecule has 0 N–H and O–H groups in total. The first-order chi connectivity index (χ1) is 8.35. The lowest BCUT2D eigenvalue weighted by atomic mass is 9.84. The van der Waals surface area contributed by atoms with Crippen LogP contribution in [0.15, 0.2) is 24.3 Å². The van der Waals surface area contributed by atoms with Crippen LogP contribution in [-0.2, 0) is 9.53 Å². The Bertz CT molecular complexity index is 352. The molecule has 17 heavy (non-hydrogen) atoms. The van der Waals surface area contributed by atoms with Gasteiger partial charge in [0, 0.05) is 12.5 Å². The molecule has 2 rings (SSSR count). The van der Waals surface area contributed by atoms with E-state index in [0.29, 0.717) is 12.5 Å². The molecule has 1 heterocycles. The predicted molar refractivity (Wildman–Crippen MR) is 65.3 cm³/mol. The lowest BCUT2D eigenvalue weighted by molar-refractivity contribution is -0.111. The summed E-state index contributed by atoms with van der Waals surface area (Å²) in [5.41, 5.74) is 1.05. The SMILES string of the molecule is COc1ccc(C(C=O)C2CCCOC2)cc1. The van der Waals surface area contributed by atoms with Crippen LogP contribution in [0.5, 0.6) is 5.75 Å². The van der Waals surface area contributed by atoms with E-state index in [0.717, 1.165) is 37.0 Å². The van der Waals surface area contributed by atoms with Crippen molar-refractivity contribution < 1.29 is 14.3 Å². The third-order valence-electron chi connectivity index (χ3n) is 3.35. The summed E-state index contributed by atoms with van der Waals surface area (Å²) in [6.07, 6.45) is 3.15. The third-order valence-corrected chi connectivity index (χ3v) is 3.35. The number of hydrogen-bond donors (Lipinski definition) is 0. The van der Waals surface area contributed by atoms with Crippen molar-refractivity contribution in [3.8, 4) is 5.75 Å². The minimum Gasteiger partial charge on any atom is -0.497 e. The minimum absolute atomic E-state index is 0.0544. The van der Waals surface area contributed by atoms with Crippen LogP contribution in [0.2, 0.25) is 0 Å². The van der Waals surface area contributed by atoms with E-state index in [4.69, 9.17) is 9.47 Å². The molecule has 2 atom stereocenters. The van der Waals surface area contributed by atoms with E-state index in [2.05, 4.69) is 0 Å². The highest BCUT2D eigenvalue weighted by molar-refractivity contribution is 5.63. The van der Waals surface area contributed by atoms with Gasteiger partial charge in [-0.15, -0.1) is 0 Å². The molecule has 0 amide bonds. The van der Waals surface area contributed by atoms with Gasteiger partial charge in [0.05, 0.1) is 13.7 Å². The Hall–Kier alpha value is -1.35. The number of aldehydes is 1. The topological polar surface area (TPSA) is 35.5 Å². The summed E-state index contributed by atoms with van der Waals surface area (Å²) < 4.78 is 10.6. The zero-order valence-electron chi connectivity index (χ0n) is 10.1. The van der Waals surface area contributed by atoms with Crippen molar-refractivity contribution in [1.82, 2.24) is 0 Å². The van der Waals surface area contributed by atoms with E-state index >= 15 is 0 Å². The Balaban J connectivity index is 2.12. The second-order valence-electron chi connectivity index (χ2n) is 4.41. The van der Waals surface area contributed by atoms with E-state index in [-0.39, 0.29) is 5.92 Å². The number of rotatable bonds is 4. The lowest BCUT2D eigenvalue weighted by Crippen LogP contribution is -2.24. The second kappa shape index (κ2) is 5.82. The van der Waals surface area contributed by atoms with Crippen LogP contribution in [-0.4, -0.2) is 26.6 Å². The van der Waals surface area contributed by atoms with Gasteiger partial charge in [-0.2, -0.15) is 0 Å². The van der Waals surface area contributed by atoms with Gasteiger partial charge in [-0.25, -0.2) is 0 Å². The number of methoxy groups -OCH3 is 1. The molecule has 1 saturated heterocycles. The second-order valence-corrected chi connectivity index (χ2v) is 4.41. The van der Waals surface area contributed by atoms with Crippen LogP contribution in [0.25, 0.3) is 0 Å². The van der Waals surface area contributed by atoms with E-state index in [9.17, 15) is 4.79 Å². The molecule has 1 aromatic rings. The molecule has 1 aromatic carbocycles. The first-order valence-electron chi connectivity index (χ1n) is 6.02. The molecule has 2 unspecified atom stereocenters. The van der Waals surface area contributed by atoms with E-state index in [1.807, 2.05) is 24.3 Å². The fraction of sp³-hybridized carbons (Fsp3) is 0.500. The molecule has 0 saturated carbocycles. The molecular weight excluding hydrogens is 216 g/mol. The summed E-state index contributed by atoms with van der Waals surface area (Å²) in [6, 6.07) is 7.73. The lowest BCUT2D eigenvalue weighted by Gasteiger charge is -2.27. The summed E-state index contributed by atoms with van der Waals surface area (Å²) in [7, 11) is 1.64. The summed E-state index contributed by atoms with van der Waals surface area (Å²) >= 11 is 0. The third kappa shape index (κ3) is 2.86. The zero-order chi connectivity index (χ0) is 12.1. The molecule has 1 aliphatic heterocycles. The Morgan fingerprint density at radius 2 is 2.18 bits per heavy atom. The number of carbonyl (C=O) groups excluding carboxylic acids is 1. The maximum absolute atomic E-state index is 11.3. The largest absolute Gasteiger partial charge is 0.497 e. The normalized spacial score (nSPS) is 21.8. The Labute approximate surface area is 102 Å². The van der Waals surface area contributed by atoms with Crippen molar-refractivity contribution in [3.05, 3.63) is 29.8 Å². The van der Waals surface area contributed by atoms with Gasteiger partial charge in [0.15, 0.2) is 0 Å². The summed E-state index contributed by atoms with van der Waals surface area (Å²) in [6.45, 7) is 1.51. The van der Waals surface area contributed by atoms with E-state index in [1.54, 1.807) is 7.11 Å². The van der Waals surface area contributed by atoms with Gasteiger partial charge in [-0.3, -0.25) is 0 Å². The maximum Gasteiger partial charge on any atom is 0.127 e. The summed E-state index contributed by atoms with van der Waals surface area (Å²) in [4.78, 5) is 11.3. The smallest absolute Gasteiger partial charge is 0.127 e. The van der Waals surface area contributed by atoms with Crippen LogP contribution >= 0.6 is 0 Å². The van der Waals surface area contributed by atoms with Gasteiger partial charge in [-0.05, 0) is 36.5 Å². The summed E-state index contributed by atoms with van der Waals surface area (Å²) in [5.74, 6) is 1.08. The van der Waals surface area contributed by atoms with Crippen molar-refractivity contribution in [2.75, 3.05) is 20.3 Å². The molecule has 0 aliphatic carbocycles. The average molecular weight is 234 g/mol. The minimum atomic E-state index is -0.0544. The number of ether oxygens (including phenoxy) is 2.